The Bertz CT molecular complexity index is 733. The molecular weight excluding hydrogens is 294 g/mol. The van der Waals surface area contributed by atoms with Gasteiger partial charge in [-0.1, -0.05) is 18.2 Å². The highest BCUT2D eigenvalue weighted by Gasteiger charge is 2.22. The molecule has 0 unspecified atom stereocenters. The Labute approximate surface area is 133 Å². The molecule has 0 atom stereocenters. The van der Waals surface area contributed by atoms with Crippen LogP contribution in [0, 0.1) is 0 Å². The van der Waals surface area contributed by atoms with Crippen LogP contribution in [0.5, 0.6) is 0 Å². The lowest BCUT2D eigenvalue weighted by Gasteiger charge is -2.28. The summed E-state index contributed by atoms with van der Waals surface area (Å²) in [6.45, 7) is 0.937. The third-order valence-electron chi connectivity index (χ3n) is 3.75. The smallest absolute Gasteiger partial charge is 0.251 e. The summed E-state index contributed by atoms with van der Waals surface area (Å²) in [5, 5.41) is 2.64. The van der Waals surface area contributed by atoms with E-state index in [0.29, 0.717) is 25.1 Å². The van der Waals surface area contributed by atoms with Crippen molar-refractivity contribution in [1.29, 1.82) is 0 Å². The Balaban J connectivity index is 1.58. The zero-order chi connectivity index (χ0) is 16.2. The van der Waals surface area contributed by atoms with Crippen molar-refractivity contribution in [1.82, 2.24) is 20.2 Å². The first-order chi connectivity index (χ1) is 11.1. The fraction of sp³-hybridized carbons (Fsp3) is 0.250. The number of nitrogen functional groups attached to an aromatic ring is 1. The number of hydrogen-bond acceptors (Lipinski definition) is 5. The summed E-state index contributed by atoms with van der Waals surface area (Å²) >= 11 is 0. The van der Waals surface area contributed by atoms with Crippen molar-refractivity contribution < 1.29 is 9.59 Å². The lowest BCUT2D eigenvalue weighted by Crippen LogP contribution is -2.42. The molecular formula is C16H17N5O2. The zero-order valence-corrected chi connectivity index (χ0v) is 12.5. The van der Waals surface area contributed by atoms with Gasteiger partial charge < -0.3 is 16.0 Å². The second-order valence-corrected chi connectivity index (χ2v) is 5.31. The third kappa shape index (κ3) is 3.45. The number of fused-ring (bicyclic) bond motifs is 1. The molecule has 3 rings (SSSR count). The molecule has 23 heavy (non-hydrogen) atoms. The highest BCUT2D eigenvalue weighted by molar-refractivity contribution is 5.96. The van der Waals surface area contributed by atoms with Crippen molar-refractivity contribution in [2.75, 3.05) is 18.8 Å². The van der Waals surface area contributed by atoms with Crippen molar-refractivity contribution in [3.05, 3.63) is 53.3 Å². The molecule has 7 heteroatoms. The van der Waals surface area contributed by atoms with E-state index in [1.54, 1.807) is 35.4 Å². The fourth-order valence-electron chi connectivity index (χ4n) is 2.49. The van der Waals surface area contributed by atoms with E-state index < -0.39 is 0 Å². The number of amides is 2. The van der Waals surface area contributed by atoms with E-state index in [2.05, 4.69) is 15.3 Å². The molecule has 0 saturated carbocycles. The molecule has 0 bridgehead atoms. The second-order valence-electron chi connectivity index (χ2n) is 5.31. The van der Waals surface area contributed by atoms with Gasteiger partial charge in [0, 0.05) is 18.3 Å². The lowest BCUT2D eigenvalue weighted by atomic mass is 10.1. The minimum absolute atomic E-state index is 0.0381. The maximum Gasteiger partial charge on any atom is 0.251 e. The molecule has 118 valence electrons. The van der Waals surface area contributed by atoms with E-state index >= 15 is 0 Å². The summed E-state index contributed by atoms with van der Waals surface area (Å²) in [5.41, 5.74) is 7.90. The average molecular weight is 311 g/mol. The molecule has 1 aliphatic heterocycles. The largest absolute Gasteiger partial charge is 0.368 e. The van der Waals surface area contributed by atoms with Crippen molar-refractivity contribution in [2.24, 2.45) is 0 Å². The molecule has 1 aromatic carbocycles. The van der Waals surface area contributed by atoms with Gasteiger partial charge in [-0.25, -0.2) is 9.97 Å². The molecule has 1 aromatic heterocycles. The van der Waals surface area contributed by atoms with Gasteiger partial charge in [-0.3, -0.25) is 9.59 Å². The zero-order valence-electron chi connectivity index (χ0n) is 12.5. The highest BCUT2D eigenvalue weighted by atomic mass is 16.2. The summed E-state index contributed by atoms with van der Waals surface area (Å²) in [7, 11) is 0. The summed E-state index contributed by atoms with van der Waals surface area (Å²) < 4.78 is 0. The Morgan fingerprint density at radius 2 is 2.04 bits per heavy atom. The van der Waals surface area contributed by atoms with Gasteiger partial charge in [0.15, 0.2) is 0 Å². The second kappa shape index (κ2) is 6.43. The van der Waals surface area contributed by atoms with Gasteiger partial charge in [-0.05, 0) is 24.1 Å². The number of aromatic nitrogens is 2. The SMILES string of the molecule is Nc1ncc2c(n1)CN(C(=O)CNC(=O)c1ccccc1)CC2. The first kappa shape index (κ1) is 15.0. The molecule has 0 aliphatic carbocycles. The monoisotopic (exact) mass is 311 g/mol. The average Bonchev–Trinajstić information content (AvgIpc) is 2.59. The van der Waals surface area contributed by atoms with Crippen molar-refractivity contribution in [3.63, 3.8) is 0 Å². The normalized spacial score (nSPS) is 13.3. The van der Waals surface area contributed by atoms with E-state index in [1.165, 1.54) is 0 Å². The standard InChI is InChI=1S/C16H17N5O2/c17-16-19-8-12-6-7-21(10-13(12)20-16)14(22)9-18-15(23)11-4-2-1-3-5-11/h1-5,8H,6-7,9-10H2,(H,18,23)(H2,17,19,20). The maximum atomic E-state index is 12.3. The predicted molar refractivity (Wildman–Crippen MR) is 84.3 cm³/mol. The van der Waals surface area contributed by atoms with E-state index in [1.807, 2.05) is 6.07 Å². The molecule has 0 spiro atoms. The Morgan fingerprint density at radius 1 is 1.26 bits per heavy atom. The minimum atomic E-state index is -0.261. The van der Waals surface area contributed by atoms with Crippen LogP contribution in [-0.4, -0.2) is 39.8 Å². The van der Waals surface area contributed by atoms with Gasteiger partial charge in [0.1, 0.15) is 0 Å². The van der Waals surface area contributed by atoms with Crippen LogP contribution in [-0.2, 0) is 17.8 Å². The number of carbonyl (C=O) groups excluding carboxylic acids is 2. The van der Waals surface area contributed by atoms with Crippen molar-refractivity contribution >= 4 is 17.8 Å². The maximum absolute atomic E-state index is 12.3. The first-order valence-corrected chi connectivity index (χ1v) is 7.35. The van der Waals surface area contributed by atoms with Crippen LogP contribution in [0.4, 0.5) is 5.95 Å². The first-order valence-electron chi connectivity index (χ1n) is 7.35. The summed E-state index contributed by atoms with van der Waals surface area (Å²) in [5.74, 6) is -0.199. The van der Waals surface area contributed by atoms with Gasteiger partial charge in [0.25, 0.3) is 5.91 Å². The topological polar surface area (TPSA) is 101 Å². The van der Waals surface area contributed by atoms with Crippen LogP contribution < -0.4 is 11.1 Å². The van der Waals surface area contributed by atoms with Crippen molar-refractivity contribution in [2.45, 2.75) is 13.0 Å². The van der Waals surface area contributed by atoms with Crippen LogP contribution in [0.15, 0.2) is 36.5 Å². The molecule has 7 nitrogen and oxygen atoms in total. The summed E-state index contributed by atoms with van der Waals surface area (Å²) in [6.07, 6.45) is 2.39. The molecule has 2 heterocycles. The molecule has 1 aliphatic rings. The van der Waals surface area contributed by atoms with Gasteiger partial charge >= 0.3 is 0 Å². The number of nitrogens with one attached hydrogen (secondary N) is 1. The Kier molecular flexibility index (Phi) is 4.18. The number of carbonyl (C=O) groups is 2. The summed E-state index contributed by atoms with van der Waals surface area (Å²) in [6, 6.07) is 8.80. The lowest BCUT2D eigenvalue weighted by molar-refractivity contribution is -0.131. The minimum Gasteiger partial charge on any atom is -0.368 e. The molecule has 0 fully saturated rings. The van der Waals surface area contributed by atoms with Gasteiger partial charge in [-0.15, -0.1) is 0 Å². The van der Waals surface area contributed by atoms with Gasteiger partial charge in [-0.2, -0.15) is 0 Å². The Morgan fingerprint density at radius 3 is 2.83 bits per heavy atom. The van der Waals surface area contributed by atoms with E-state index in [0.717, 1.165) is 11.3 Å². The fourth-order valence-corrected chi connectivity index (χ4v) is 2.49. The number of hydrogen-bond donors (Lipinski definition) is 2. The van der Waals surface area contributed by atoms with Crippen LogP contribution >= 0.6 is 0 Å². The van der Waals surface area contributed by atoms with E-state index in [-0.39, 0.29) is 24.3 Å². The van der Waals surface area contributed by atoms with Crippen LogP contribution in [0.3, 0.4) is 0 Å². The number of nitrogens with two attached hydrogens (primary N) is 1. The number of nitrogens with zero attached hydrogens (tertiary/aromatic N) is 3. The molecule has 2 amide bonds. The van der Waals surface area contributed by atoms with Crippen molar-refractivity contribution in [3.8, 4) is 0 Å². The van der Waals surface area contributed by atoms with Crippen LogP contribution in [0.25, 0.3) is 0 Å². The van der Waals surface area contributed by atoms with E-state index in [9.17, 15) is 9.59 Å². The summed E-state index contributed by atoms with van der Waals surface area (Å²) in [4.78, 5) is 34.0. The highest BCUT2D eigenvalue weighted by Crippen LogP contribution is 2.16. The molecule has 3 N–H and O–H groups in total. The van der Waals surface area contributed by atoms with Crippen LogP contribution in [0.1, 0.15) is 21.6 Å². The number of anilines is 1. The quantitative estimate of drug-likeness (QED) is 0.853. The third-order valence-corrected chi connectivity index (χ3v) is 3.75. The molecule has 0 radical (unpaired) electrons. The van der Waals surface area contributed by atoms with Crippen LogP contribution in [0.2, 0.25) is 0 Å². The number of benzene rings is 1. The Hall–Kier alpha value is -2.96. The number of rotatable bonds is 3. The van der Waals surface area contributed by atoms with Gasteiger partial charge in [0.05, 0.1) is 18.8 Å². The predicted octanol–water partition coefficient (Wildman–Crippen LogP) is 0.374. The molecule has 2 aromatic rings. The van der Waals surface area contributed by atoms with E-state index in [4.69, 9.17) is 5.73 Å². The van der Waals surface area contributed by atoms with Gasteiger partial charge in [0.2, 0.25) is 11.9 Å². The molecule has 0 saturated heterocycles.